The lowest BCUT2D eigenvalue weighted by atomic mass is 10.2. The van der Waals surface area contributed by atoms with Gasteiger partial charge in [-0.05, 0) is 43.8 Å². The molecular formula is C13H14N2O2S2. The highest BCUT2D eigenvalue weighted by molar-refractivity contribution is 7.73. The van der Waals surface area contributed by atoms with Crippen molar-refractivity contribution in [3.8, 4) is 5.69 Å². The van der Waals surface area contributed by atoms with Crippen molar-refractivity contribution in [2.75, 3.05) is 12.3 Å². The van der Waals surface area contributed by atoms with Crippen LogP contribution in [-0.2, 0) is 4.74 Å². The lowest BCUT2D eigenvalue weighted by molar-refractivity contribution is 0.0533. The molecule has 0 aliphatic rings. The number of nitrogen functional groups attached to an aromatic ring is 1. The molecule has 0 atom stereocenters. The minimum Gasteiger partial charge on any atom is -0.462 e. The first-order valence-corrected chi connectivity index (χ1v) is 7.02. The molecule has 0 spiro atoms. The van der Waals surface area contributed by atoms with Crippen molar-refractivity contribution in [1.82, 2.24) is 4.57 Å². The Morgan fingerprint density at radius 1 is 1.53 bits per heavy atom. The van der Waals surface area contributed by atoms with Gasteiger partial charge < -0.3 is 10.5 Å². The lowest BCUT2D eigenvalue weighted by Gasteiger charge is -2.07. The van der Waals surface area contributed by atoms with Gasteiger partial charge in [-0.1, -0.05) is 23.5 Å². The first kappa shape index (κ1) is 13.8. The number of carbonyl (C=O) groups is 1. The summed E-state index contributed by atoms with van der Waals surface area (Å²) in [5, 5.41) is 0. The van der Waals surface area contributed by atoms with E-state index in [4.69, 9.17) is 22.7 Å². The molecule has 2 rings (SSSR count). The Bertz CT molecular complexity index is 674. The van der Waals surface area contributed by atoms with Crippen LogP contribution in [0.5, 0.6) is 0 Å². The van der Waals surface area contributed by atoms with Crippen LogP contribution < -0.4 is 5.73 Å². The second-order valence-electron chi connectivity index (χ2n) is 3.98. The number of carbonyl (C=O) groups excluding carboxylic acids is 1. The van der Waals surface area contributed by atoms with Crippen LogP contribution in [0.15, 0.2) is 24.3 Å². The second kappa shape index (κ2) is 5.54. The van der Waals surface area contributed by atoms with Crippen molar-refractivity contribution >= 4 is 35.3 Å². The zero-order valence-electron chi connectivity index (χ0n) is 10.7. The van der Waals surface area contributed by atoms with E-state index in [0.717, 1.165) is 11.3 Å². The number of hydrogen-bond donors (Lipinski definition) is 1. The molecule has 0 aliphatic carbocycles. The minimum atomic E-state index is -0.428. The van der Waals surface area contributed by atoms with E-state index in [-0.39, 0.29) is 0 Å². The predicted octanol–water partition coefficient (Wildman–Crippen LogP) is 3.34. The Morgan fingerprint density at radius 3 is 2.89 bits per heavy atom. The minimum absolute atomic E-state index is 0.313. The monoisotopic (exact) mass is 294 g/mol. The van der Waals surface area contributed by atoms with Gasteiger partial charge in [-0.15, -0.1) is 0 Å². The van der Waals surface area contributed by atoms with E-state index in [0.29, 0.717) is 21.3 Å². The summed E-state index contributed by atoms with van der Waals surface area (Å²) < 4.78 is 7.20. The van der Waals surface area contributed by atoms with E-state index in [1.54, 1.807) is 11.5 Å². The third-order valence-electron chi connectivity index (χ3n) is 2.57. The normalized spacial score (nSPS) is 10.4. The van der Waals surface area contributed by atoms with E-state index in [2.05, 4.69) is 0 Å². The first-order chi connectivity index (χ1) is 9.04. The summed E-state index contributed by atoms with van der Waals surface area (Å²) in [5.74, 6) is -0.0958. The van der Waals surface area contributed by atoms with Crippen LogP contribution in [-0.4, -0.2) is 17.1 Å². The summed E-state index contributed by atoms with van der Waals surface area (Å²) >= 11 is 6.45. The Balaban J connectivity index is 2.54. The number of ether oxygens (including phenoxy) is 1. The van der Waals surface area contributed by atoms with Crippen molar-refractivity contribution in [3.63, 3.8) is 0 Å². The highest BCUT2D eigenvalue weighted by atomic mass is 32.1. The van der Waals surface area contributed by atoms with Crippen LogP contribution in [0.1, 0.15) is 22.2 Å². The van der Waals surface area contributed by atoms with Gasteiger partial charge in [-0.2, -0.15) is 0 Å². The summed E-state index contributed by atoms with van der Waals surface area (Å²) in [4.78, 5) is 12.1. The maximum Gasteiger partial charge on any atom is 0.352 e. The number of nitrogens with zero attached hydrogens (tertiary/aromatic N) is 1. The molecule has 0 amide bonds. The van der Waals surface area contributed by atoms with Crippen LogP contribution in [0.4, 0.5) is 5.82 Å². The Labute approximate surface area is 120 Å². The maximum atomic E-state index is 11.8. The molecule has 2 N–H and O–H groups in total. The molecule has 0 saturated heterocycles. The number of aryl methyl sites for hydroxylation is 1. The highest BCUT2D eigenvalue weighted by Gasteiger charge is 2.18. The predicted molar refractivity (Wildman–Crippen MR) is 79.6 cm³/mol. The van der Waals surface area contributed by atoms with Crippen LogP contribution in [0, 0.1) is 10.9 Å². The van der Waals surface area contributed by atoms with Crippen molar-refractivity contribution in [2.45, 2.75) is 13.8 Å². The van der Waals surface area contributed by atoms with Crippen molar-refractivity contribution < 1.29 is 9.53 Å². The van der Waals surface area contributed by atoms with Gasteiger partial charge in [0.05, 0.1) is 6.61 Å². The molecule has 0 unspecified atom stereocenters. The Morgan fingerprint density at radius 2 is 2.26 bits per heavy atom. The standard InChI is InChI=1S/C13H14N2O2S2/c1-3-17-12(16)10-11(14)15(13(18)19-10)9-6-4-5-8(2)7-9/h4-7H,3,14H2,1-2H3. The zero-order chi connectivity index (χ0) is 14.0. The van der Waals surface area contributed by atoms with Crippen molar-refractivity contribution in [3.05, 3.63) is 38.7 Å². The fourth-order valence-corrected chi connectivity index (χ4v) is 3.00. The van der Waals surface area contributed by atoms with E-state index >= 15 is 0 Å². The summed E-state index contributed by atoms with van der Waals surface area (Å²) in [6.45, 7) is 4.06. The molecule has 1 aromatic carbocycles. The van der Waals surface area contributed by atoms with Gasteiger partial charge in [-0.3, -0.25) is 4.57 Å². The average molecular weight is 294 g/mol. The van der Waals surface area contributed by atoms with Crippen LogP contribution in [0.25, 0.3) is 5.69 Å². The molecule has 0 bridgehead atoms. The molecule has 1 heterocycles. The Hall–Kier alpha value is -1.66. The van der Waals surface area contributed by atoms with E-state index < -0.39 is 5.97 Å². The zero-order valence-corrected chi connectivity index (χ0v) is 12.3. The highest BCUT2D eigenvalue weighted by Crippen LogP contribution is 2.27. The molecule has 100 valence electrons. The smallest absolute Gasteiger partial charge is 0.352 e. The molecule has 0 radical (unpaired) electrons. The molecule has 0 fully saturated rings. The number of benzene rings is 1. The van der Waals surface area contributed by atoms with E-state index in [9.17, 15) is 4.79 Å². The summed E-state index contributed by atoms with van der Waals surface area (Å²) in [6.07, 6.45) is 0. The van der Waals surface area contributed by atoms with Gasteiger partial charge in [0.2, 0.25) is 0 Å². The number of nitrogens with two attached hydrogens (primary N) is 1. The molecule has 0 saturated carbocycles. The topological polar surface area (TPSA) is 57.2 Å². The molecular weight excluding hydrogens is 280 g/mol. The number of anilines is 1. The number of thiazole rings is 1. The van der Waals surface area contributed by atoms with Crippen LogP contribution in [0.2, 0.25) is 0 Å². The average Bonchev–Trinajstić information content (AvgIpc) is 2.65. The van der Waals surface area contributed by atoms with Gasteiger partial charge >= 0.3 is 5.97 Å². The Kier molecular flexibility index (Phi) is 4.01. The maximum absolute atomic E-state index is 11.8. The fraction of sp³-hybridized carbons (Fsp3) is 0.231. The quantitative estimate of drug-likeness (QED) is 0.697. The fourth-order valence-electron chi connectivity index (χ4n) is 1.74. The largest absolute Gasteiger partial charge is 0.462 e. The molecule has 0 aliphatic heterocycles. The molecule has 1 aromatic heterocycles. The van der Waals surface area contributed by atoms with Crippen molar-refractivity contribution in [1.29, 1.82) is 0 Å². The summed E-state index contributed by atoms with van der Waals surface area (Å²) in [5.41, 5.74) is 7.98. The third kappa shape index (κ3) is 2.69. The lowest BCUT2D eigenvalue weighted by Crippen LogP contribution is -2.08. The van der Waals surface area contributed by atoms with Crippen molar-refractivity contribution in [2.24, 2.45) is 0 Å². The van der Waals surface area contributed by atoms with Crippen LogP contribution >= 0.6 is 23.6 Å². The summed E-state index contributed by atoms with van der Waals surface area (Å²) in [7, 11) is 0. The van der Waals surface area contributed by atoms with Gasteiger partial charge in [0, 0.05) is 5.69 Å². The second-order valence-corrected chi connectivity index (χ2v) is 5.62. The van der Waals surface area contributed by atoms with Gasteiger partial charge in [0.15, 0.2) is 8.83 Å². The first-order valence-electron chi connectivity index (χ1n) is 5.80. The van der Waals surface area contributed by atoms with Gasteiger partial charge in [0.1, 0.15) is 5.82 Å². The number of aromatic nitrogens is 1. The van der Waals surface area contributed by atoms with E-state index in [1.165, 1.54) is 11.3 Å². The molecule has 2 aromatic rings. The number of rotatable bonds is 3. The number of hydrogen-bond acceptors (Lipinski definition) is 5. The molecule has 19 heavy (non-hydrogen) atoms. The SMILES string of the molecule is CCOC(=O)c1sc(=S)n(-c2cccc(C)c2)c1N. The van der Waals surface area contributed by atoms with Gasteiger partial charge in [-0.25, -0.2) is 4.79 Å². The number of esters is 1. The molecule has 6 heteroatoms. The van der Waals surface area contributed by atoms with E-state index in [1.807, 2.05) is 31.2 Å². The summed E-state index contributed by atoms with van der Waals surface area (Å²) in [6, 6.07) is 7.78. The van der Waals surface area contributed by atoms with Gasteiger partial charge in [0.25, 0.3) is 0 Å². The third-order valence-corrected chi connectivity index (χ3v) is 3.94. The van der Waals surface area contributed by atoms with Crippen LogP contribution in [0.3, 0.4) is 0 Å². The molecule has 4 nitrogen and oxygen atoms in total.